The zero-order valence-corrected chi connectivity index (χ0v) is 7.68. The molecule has 70 valence electrons. The molecule has 0 rings (SSSR count). The molecule has 6 heteroatoms. The second-order valence-electron chi connectivity index (χ2n) is 1.96. The SMILES string of the molecule is COC(CNC(=O)O)SC(C)=O. The fourth-order valence-corrected chi connectivity index (χ4v) is 1.16. The van der Waals surface area contributed by atoms with Crippen molar-refractivity contribution in [2.75, 3.05) is 13.7 Å². The van der Waals surface area contributed by atoms with Crippen molar-refractivity contribution in [1.29, 1.82) is 0 Å². The van der Waals surface area contributed by atoms with E-state index in [1.54, 1.807) is 0 Å². The first-order chi connectivity index (χ1) is 5.56. The van der Waals surface area contributed by atoms with Gasteiger partial charge in [-0.3, -0.25) is 4.79 Å². The third-order valence-electron chi connectivity index (χ3n) is 0.980. The molecule has 2 N–H and O–H groups in total. The predicted molar refractivity (Wildman–Crippen MR) is 45.1 cm³/mol. The molecule has 5 nitrogen and oxygen atoms in total. The summed E-state index contributed by atoms with van der Waals surface area (Å²) in [6, 6.07) is 0. The zero-order valence-electron chi connectivity index (χ0n) is 6.86. The molecule has 1 atom stereocenters. The van der Waals surface area contributed by atoms with Crippen molar-refractivity contribution >= 4 is 23.0 Å². The van der Waals surface area contributed by atoms with Crippen LogP contribution < -0.4 is 5.32 Å². The average molecular weight is 193 g/mol. The number of methoxy groups -OCH3 is 1. The van der Waals surface area contributed by atoms with E-state index in [0.717, 1.165) is 11.8 Å². The summed E-state index contributed by atoms with van der Waals surface area (Å²) in [4.78, 5) is 20.6. The van der Waals surface area contributed by atoms with Gasteiger partial charge in [0.15, 0.2) is 5.12 Å². The molecule has 0 aromatic heterocycles. The Labute approximate surface area is 74.5 Å². The van der Waals surface area contributed by atoms with Crippen LogP contribution in [-0.4, -0.2) is 35.4 Å². The number of nitrogens with one attached hydrogen (secondary N) is 1. The van der Waals surface area contributed by atoms with E-state index in [1.807, 2.05) is 0 Å². The Morgan fingerprint density at radius 1 is 1.67 bits per heavy atom. The summed E-state index contributed by atoms with van der Waals surface area (Å²) in [7, 11) is 1.42. The van der Waals surface area contributed by atoms with E-state index in [0.29, 0.717) is 0 Å². The number of hydrogen-bond donors (Lipinski definition) is 2. The van der Waals surface area contributed by atoms with Crippen LogP contribution in [-0.2, 0) is 9.53 Å². The molecule has 1 unspecified atom stereocenters. The van der Waals surface area contributed by atoms with Gasteiger partial charge in [0.05, 0.1) is 6.54 Å². The van der Waals surface area contributed by atoms with Crippen LogP contribution in [0.1, 0.15) is 6.92 Å². The van der Waals surface area contributed by atoms with Crippen LogP contribution in [0.4, 0.5) is 4.79 Å². The van der Waals surface area contributed by atoms with Crippen LogP contribution in [0.25, 0.3) is 0 Å². The molecular formula is C6H11NO4S. The van der Waals surface area contributed by atoms with Crippen molar-refractivity contribution < 1.29 is 19.4 Å². The third-order valence-corrected chi connectivity index (χ3v) is 1.93. The molecule has 0 fully saturated rings. The summed E-state index contributed by atoms with van der Waals surface area (Å²) in [5, 5.41) is 10.2. The van der Waals surface area contributed by atoms with Gasteiger partial charge in [0, 0.05) is 14.0 Å². The molecule has 1 amide bonds. The van der Waals surface area contributed by atoms with E-state index in [-0.39, 0.29) is 11.7 Å². The normalized spacial score (nSPS) is 12.2. The van der Waals surface area contributed by atoms with Crippen molar-refractivity contribution in [2.24, 2.45) is 0 Å². The van der Waals surface area contributed by atoms with Crippen molar-refractivity contribution in [3.05, 3.63) is 0 Å². The number of thioether (sulfide) groups is 1. The Bertz CT molecular complexity index is 173. The van der Waals surface area contributed by atoms with Gasteiger partial charge < -0.3 is 15.2 Å². The van der Waals surface area contributed by atoms with Gasteiger partial charge in [-0.2, -0.15) is 0 Å². The summed E-state index contributed by atoms with van der Waals surface area (Å²) in [5.41, 5.74) is -0.446. The van der Waals surface area contributed by atoms with Gasteiger partial charge in [-0.25, -0.2) is 4.79 Å². The van der Waals surface area contributed by atoms with Crippen molar-refractivity contribution in [1.82, 2.24) is 5.32 Å². The highest BCUT2D eigenvalue weighted by Gasteiger charge is 2.11. The highest BCUT2D eigenvalue weighted by atomic mass is 32.2. The maximum Gasteiger partial charge on any atom is 0.404 e. The number of carboxylic acid groups (broad SMARTS) is 1. The van der Waals surface area contributed by atoms with Gasteiger partial charge in [-0.1, -0.05) is 11.8 Å². The molecule has 0 aromatic rings. The Hall–Kier alpha value is -0.750. The van der Waals surface area contributed by atoms with Crippen LogP contribution in [0.5, 0.6) is 0 Å². The standard InChI is InChI=1S/C6H11NO4S/c1-4(8)12-5(11-2)3-7-6(9)10/h5,7H,3H2,1-2H3,(H,9,10). The van der Waals surface area contributed by atoms with Crippen molar-refractivity contribution in [2.45, 2.75) is 12.4 Å². The molecule has 0 saturated heterocycles. The van der Waals surface area contributed by atoms with Crippen LogP contribution in [0.3, 0.4) is 0 Å². The molecule has 0 spiro atoms. The second-order valence-corrected chi connectivity index (χ2v) is 3.30. The molecule has 0 radical (unpaired) electrons. The van der Waals surface area contributed by atoms with Crippen LogP contribution in [0, 0.1) is 0 Å². The number of amides is 1. The molecule has 0 aromatic carbocycles. The topological polar surface area (TPSA) is 75.6 Å². The molecule has 0 aliphatic carbocycles. The van der Waals surface area contributed by atoms with Crippen LogP contribution >= 0.6 is 11.8 Å². The predicted octanol–water partition coefficient (Wildman–Crippen LogP) is 0.506. The molecular weight excluding hydrogens is 182 g/mol. The van der Waals surface area contributed by atoms with E-state index < -0.39 is 11.5 Å². The fraction of sp³-hybridized carbons (Fsp3) is 0.667. The molecule has 0 bridgehead atoms. The molecule has 0 saturated carbocycles. The Morgan fingerprint density at radius 3 is 2.58 bits per heavy atom. The van der Waals surface area contributed by atoms with E-state index in [9.17, 15) is 9.59 Å². The highest BCUT2D eigenvalue weighted by molar-refractivity contribution is 8.14. The first kappa shape index (κ1) is 11.2. The maximum atomic E-state index is 10.6. The van der Waals surface area contributed by atoms with Crippen molar-refractivity contribution in [3.63, 3.8) is 0 Å². The number of carbonyl (C=O) groups is 2. The quantitative estimate of drug-likeness (QED) is 0.636. The lowest BCUT2D eigenvalue weighted by molar-refractivity contribution is -0.109. The molecule has 0 heterocycles. The van der Waals surface area contributed by atoms with E-state index in [2.05, 4.69) is 5.32 Å². The lowest BCUT2D eigenvalue weighted by Crippen LogP contribution is -2.30. The highest BCUT2D eigenvalue weighted by Crippen LogP contribution is 2.10. The monoisotopic (exact) mass is 193 g/mol. The van der Waals surface area contributed by atoms with E-state index in [4.69, 9.17) is 9.84 Å². The average Bonchev–Trinajstić information content (AvgIpc) is 1.97. The van der Waals surface area contributed by atoms with Gasteiger partial charge in [0.25, 0.3) is 0 Å². The molecule has 12 heavy (non-hydrogen) atoms. The molecule has 0 aliphatic rings. The van der Waals surface area contributed by atoms with Gasteiger partial charge >= 0.3 is 6.09 Å². The molecule has 0 aliphatic heterocycles. The minimum atomic E-state index is -1.12. The van der Waals surface area contributed by atoms with E-state index >= 15 is 0 Å². The number of carbonyl (C=O) groups excluding carboxylic acids is 1. The lowest BCUT2D eigenvalue weighted by atomic mass is 10.7. The fourth-order valence-electron chi connectivity index (χ4n) is 0.529. The lowest BCUT2D eigenvalue weighted by Gasteiger charge is -2.11. The summed E-state index contributed by atoms with van der Waals surface area (Å²) in [6.45, 7) is 1.51. The van der Waals surface area contributed by atoms with Gasteiger partial charge in [-0.15, -0.1) is 0 Å². The second kappa shape index (κ2) is 5.84. The Balaban J connectivity index is 3.67. The smallest absolute Gasteiger partial charge is 0.404 e. The van der Waals surface area contributed by atoms with Gasteiger partial charge in [-0.05, 0) is 0 Å². The summed E-state index contributed by atoms with van der Waals surface area (Å²) >= 11 is 0.955. The minimum absolute atomic E-state index is 0.103. The first-order valence-corrected chi connectivity index (χ1v) is 4.11. The van der Waals surface area contributed by atoms with Gasteiger partial charge in [0.2, 0.25) is 0 Å². The van der Waals surface area contributed by atoms with Crippen molar-refractivity contribution in [3.8, 4) is 0 Å². The van der Waals surface area contributed by atoms with Crippen LogP contribution in [0.2, 0.25) is 0 Å². The van der Waals surface area contributed by atoms with Crippen LogP contribution in [0.15, 0.2) is 0 Å². The van der Waals surface area contributed by atoms with E-state index in [1.165, 1.54) is 14.0 Å². The summed E-state index contributed by atoms with van der Waals surface area (Å²) in [6.07, 6.45) is -1.12. The number of hydrogen-bond acceptors (Lipinski definition) is 4. The Morgan fingerprint density at radius 2 is 2.25 bits per heavy atom. The zero-order chi connectivity index (χ0) is 9.56. The maximum absolute atomic E-state index is 10.6. The number of ether oxygens (including phenoxy) is 1. The first-order valence-electron chi connectivity index (χ1n) is 3.23. The number of rotatable bonds is 4. The summed E-state index contributed by atoms with van der Waals surface area (Å²) < 4.78 is 4.83. The minimum Gasteiger partial charge on any atom is -0.465 e. The Kier molecular flexibility index (Phi) is 5.48. The van der Waals surface area contributed by atoms with Gasteiger partial charge in [0.1, 0.15) is 5.44 Å². The third kappa shape index (κ3) is 5.99. The largest absolute Gasteiger partial charge is 0.465 e. The summed E-state index contributed by atoms with van der Waals surface area (Å²) in [5.74, 6) is 0.